The minimum Gasteiger partial charge on any atom is -0.497 e. The third kappa shape index (κ3) is 3.37. The molecule has 0 saturated heterocycles. The Kier molecular flexibility index (Phi) is 4.34. The van der Waals surface area contributed by atoms with Gasteiger partial charge in [-0.2, -0.15) is 14.9 Å². The van der Waals surface area contributed by atoms with E-state index in [0.717, 1.165) is 16.9 Å². The van der Waals surface area contributed by atoms with Gasteiger partial charge in [0.25, 0.3) is 0 Å². The first-order valence-corrected chi connectivity index (χ1v) is 7.51. The van der Waals surface area contributed by atoms with Gasteiger partial charge >= 0.3 is 0 Å². The Bertz CT molecular complexity index is 893. The molecule has 0 saturated carbocycles. The number of hydrogen-bond donors (Lipinski definition) is 1. The second kappa shape index (κ2) is 6.58. The summed E-state index contributed by atoms with van der Waals surface area (Å²) in [5.74, 6) is 1.46. The molecule has 0 fully saturated rings. The number of nitrogens with one attached hydrogen (secondary N) is 1. The first kappa shape index (κ1) is 15.2. The highest BCUT2D eigenvalue weighted by Gasteiger charge is 2.07. The molecule has 1 aromatic heterocycles. The second-order valence-corrected chi connectivity index (χ2v) is 5.44. The van der Waals surface area contributed by atoms with Gasteiger partial charge < -0.3 is 4.74 Å². The zero-order chi connectivity index (χ0) is 16.2. The van der Waals surface area contributed by atoms with E-state index in [1.807, 2.05) is 55.5 Å². The number of aromatic amines is 1. The average Bonchev–Trinajstić information content (AvgIpc) is 2.94. The summed E-state index contributed by atoms with van der Waals surface area (Å²) in [6.45, 7) is 2.04. The minimum absolute atomic E-state index is 0.444. The summed E-state index contributed by atoms with van der Waals surface area (Å²) in [5, 5.41) is 11.5. The van der Waals surface area contributed by atoms with Crippen LogP contribution in [-0.2, 0) is 0 Å². The van der Waals surface area contributed by atoms with E-state index < -0.39 is 0 Å². The number of nitrogens with zero attached hydrogens (tertiary/aromatic N) is 3. The molecule has 3 aromatic rings. The van der Waals surface area contributed by atoms with Crippen LogP contribution in [0.5, 0.6) is 5.75 Å². The third-order valence-corrected chi connectivity index (χ3v) is 3.64. The molecular formula is C17H16N4OS. The third-order valence-electron chi connectivity index (χ3n) is 3.38. The van der Waals surface area contributed by atoms with E-state index in [4.69, 9.17) is 17.0 Å². The Labute approximate surface area is 139 Å². The van der Waals surface area contributed by atoms with Crippen LogP contribution in [-0.4, -0.2) is 28.2 Å². The van der Waals surface area contributed by atoms with Crippen LogP contribution in [0.4, 0.5) is 0 Å². The monoisotopic (exact) mass is 324 g/mol. The van der Waals surface area contributed by atoms with Crippen molar-refractivity contribution < 1.29 is 4.74 Å². The largest absolute Gasteiger partial charge is 0.497 e. The zero-order valence-corrected chi connectivity index (χ0v) is 13.7. The summed E-state index contributed by atoms with van der Waals surface area (Å²) in [6, 6.07) is 15.7. The van der Waals surface area contributed by atoms with Gasteiger partial charge in [0.2, 0.25) is 4.77 Å². The molecule has 1 heterocycles. The van der Waals surface area contributed by atoms with Crippen LogP contribution in [0.15, 0.2) is 53.6 Å². The SMILES string of the molecule is COc1cccc(C=Nn2c(-c3ccc(C)cc3)n[nH]c2=S)c1. The number of aromatic nitrogens is 3. The van der Waals surface area contributed by atoms with Gasteiger partial charge in [0, 0.05) is 5.56 Å². The van der Waals surface area contributed by atoms with Gasteiger partial charge in [-0.05, 0) is 36.8 Å². The van der Waals surface area contributed by atoms with E-state index in [1.165, 1.54) is 5.56 Å². The number of rotatable bonds is 4. The van der Waals surface area contributed by atoms with E-state index in [9.17, 15) is 0 Å². The van der Waals surface area contributed by atoms with Crippen molar-refractivity contribution in [1.29, 1.82) is 0 Å². The number of aryl methyl sites for hydroxylation is 1. The summed E-state index contributed by atoms with van der Waals surface area (Å²) >= 11 is 5.27. The number of hydrogen-bond acceptors (Lipinski definition) is 4. The first-order valence-electron chi connectivity index (χ1n) is 7.10. The van der Waals surface area contributed by atoms with Gasteiger partial charge in [-0.1, -0.05) is 42.0 Å². The van der Waals surface area contributed by atoms with Crippen molar-refractivity contribution in [2.75, 3.05) is 7.11 Å². The first-order chi connectivity index (χ1) is 11.2. The summed E-state index contributed by atoms with van der Waals surface area (Å²) in [4.78, 5) is 0. The van der Waals surface area contributed by atoms with E-state index in [1.54, 1.807) is 18.0 Å². The Hall–Kier alpha value is -2.73. The summed E-state index contributed by atoms with van der Waals surface area (Å²) in [7, 11) is 1.64. The smallest absolute Gasteiger partial charge is 0.216 e. The maximum absolute atomic E-state index is 5.27. The molecule has 0 atom stereocenters. The van der Waals surface area contributed by atoms with E-state index in [0.29, 0.717) is 10.6 Å². The molecule has 0 bridgehead atoms. The maximum Gasteiger partial charge on any atom is 0.216 e. The number of H-pyrrole nitrogens is 1. The van der Waals surface area contributed by atoms with Crippen LogP contribution in [0.25, 0.3) is 11.4 Å². The molecule has 0 aliphatic rings. The Morgan fingerprint density at radius 2 is 2.00 bits per heavy atom. The zero-order valence-electron chi connectivity index (χ0n) is 12.9. The summed E-state index contributed by atoms with van der Waals surface area (Å²) < 4.78 is 7.27. The molecule has 23 heavy (non-hydrogen) atoms. The summed E-state index contributed by atoms with van der Waals surface area (Å²) in [5.41, 5.74) is 3.06. The average molecular weight is 324 g/mol. The molecule has 6 heteroatoms. The lowest BCUT2D eigenvalue weighted by Gasteiger charge is -2.02. The topological polar surface area (TPSA) is 55.2 Å². The van der Waals surface area contributed by atoms with Crippen molar-refractivity contribution in [2.24, 2.45) is 5.10 Å². The predicted octanol–water partition coefficient (Wildman–Crippen LogP) is 3.81. The van der Waals surface area contributed by atoms with Gasteiger partial charge in [0.15, 0.2) is 5.82 Å². The summed E-state index contributed by atoms with van der Waals surface area (Å²) in [6.07, 6.45) is 1.73. The van der Waals surface area contributed by atoms with Crippen molar-refractivity contribution in [3.8, 4) is 17.1 Å². The molecule has 0 aliphatic carbocycles. The van der Waals surface area contributed by atoms with Crippen molar-refractivity contribution in [2.45, 2.75) is 6.92 Å². The number of methoxy groups -OCH3 is 1. The lowest BCUT2D eigenvalue weighted by molar-refractivity contribution is 0.415. The number of benzene rings is 2. The van der Waals surface area contributed by atoms with Crippen LogP contribution in [0, 0.1) is 11.7 Å². The molecule has 0 aliphatic heterocycles. The van der Waals surface area contributed by atoms with Gasteiger partial charge in [-0.3, -0.25) is 0 Å². The van der Waals surface area contributed by atoms with E-state index in [2.05, 4.69) is 15.3 Å². The maximum atomic E-state index is 5.27. The van der Waals surface area contributed by atoms with E-state index >= 15 is 0 Å². The lowest BCUT2D eigenvalue weighted by atomic mass is 10.1. The lowest BCUT2D eigenvalue weighted by Crippen LogP contribution is -1.95. The Balaban J connectivity index is 1.97. The molecule has 0 amide bonds. The molecular weight excluding hydrogens is 308 g/mol. The van der Waals surface area contributed by atoms with Crippen molar-refractivity contribution >= 4 is 18.4 Å². The van der Waals surface area contributed by atoms with Crippen molar-refractivity contribution in [3.05, 3.63) is 64.4 Å². The number of ether oxygens (including phenoxy) is 1. The van der Waals surface area contributed by atoms with Gasteiger partial charge in [0.1, 0.15) is 5.75 Å². The molecule has 5 nitrogen and oxygen atoms in total. The van der Waals surface area contributed by atoms with E-state index in [-0.39, 0.29) is 0 Å². The standard InChI is InChI=1S/C17H16N4OS/c1-12-6-8-14(9-7-12)16-19-20-17(23)21(16)18-11-13-4-3-5-15(10-13)22-2/h3-11H,1-2H3,(H,20,23). The Morgan fingerprint density at radius 3 is 2.74 bits per heavy atom. The molecule has 3 rings (SSSR count). The molecule has 116 valence electrons. The molecule has 2 aromatic carbocycles. The van der Waals surface area contributed by atoms with Gasteiger partial charge in [0.05, 0.1) is 13.3 Å². The molecule has 0 radical (unpaired) electrons. The highest BCUT2D eigenvalue weighted by molar-refractivity contribution is 7.71. The minimum atomic E-state index is 0.444. The van der Waals surface area contributed by atoms with Crippen molar-refractivity contribution in [3.63, 3.8) is 0 Å². The normalized spacial score (nSPS) is 11.0. The van der Waals surface area contributed by atoms with Gasteiger partial charge in [-0.15, -0.1) is 0 Å². The molecule has 0 unspecified atom stereocenters. The Morgan fingerprint density at radius 1 is 1.22 bits per heavy atom. The molecule has 1 N–H and O–H groups in total. The van der Waals surface area contributed by atoms with Crippen LogP contribution < -0.4 is 4.74 Å². The fourth-order valence-electron chi connectivity index (χ4n) is 2.13. The quantitative estimate of drug-likeness (QED) is 0.586. The molecule has 0 spiro atoms. The predicted molar refractivity (Wildman–Crippen MR) is 93.6 cm³/mol. The van der Waals surface area contributed by atoms with Crippen molar-refractivity contribution in [1.82, 2.24) is 14.9 Å². The fourth-order valence-corrected chi connectivity index (χ4v) is 2.31. The fraction of sp³-hybridized carbons (Fsp3) is 0.118. The van der Waals surface area contributed by atoms with Crippen LogP contribution in [0.3, 0.4) is 0 Å². The highest BCUT2D eigenvalue weighted by Crippen LogP contribution is 2.18. The van der Waals surface area contributed by atoms with Crippen LogP contribution in [0.1, 0.15) is 11.1 Å². The second-order valence-electron chi connectivity index (χ2n) is 5.05. The van der Waals surface area contributed by atoms with Crippen LogP contribution >= 0.6 is 12.2 Å². The highest BCUT2D eigenvalue weighted by atomic mass is 32.1. The van der Waals surface area contributed by atoms with Gasteiger partial charge in [-0.25, -0.2) is 5.10 Å². The van der Waals surface area contributed by atoms with Crippen LogP contribution in [0.2, 0.25) is 0 Å².